The van der Waals surface area contributed by atoms with Gasteiger partial charge in [-0.25, -0.2) is 4.68 Å². The van der Waals surface area contributed by atoms with Gasteiger partial charge in [0.2, 0.25) is 11.8 Å². The van der Waals surface area contributed by atoms with Crippen molar-refractivity contribution >= 4 is 29.1 Å². The molecule has 1 aromatic heterocycles. The average Bonchev–Trinajstić information content (AvgIpc) is 3.15. The SMILES string of the molecule is C=CC(=O)N1CCC(C(=O)Nc2ccc(-n3cccn3)c(Cl)c2)CC1. The van der Waals surface area contributed by atoms with Crippen molar-refractivity contribution in [3.63, 3.8) is 0 Å². The fourth-order valence-electron chi connectivity index (χ4n) is 2.92. The molecule has 6 nitrogen and oxygen atoms in total. The quantitative estimate of drug-likeness (QED) is 0.854. The largest absolute Gasteiger partial charge is 0.339 e. The number of likely N-dealkylation sites (tertiary alicyclic amines) is 1. The summed E-state index contributed by atoms with van der Waals surface area (Å²) in [6, 6.07) is 7.15. The summed E-state index contributed by atoms with van der Waals surface area (Å²) in [7, 11) is 0. The molecular weight excluding hydrogens is 340 g/mol. The number of nitrogens with one attached hydrogen (secondary N) is 1. The van der Waals surface area contributed by atoms with Gasteiger partial charge in [0.05, 0.1) is 10.7 Å². The zero-order valence-electron chi connectivity index (χ0n) is 13.7. The van der Waals surface area contributed by atoms with Gasteiger partial charge in [-0.3, -0.25) is 9.59 Å². The number of nitrogens with zero attached hydrogens (tertiary/aromatic N) is 3. The van der Waals surface area contributed by atoms with Crippen molar-refractivity contribution in [1.82, 2.24) is 14.7 Å². The van der Waals surface area contributed by atoms with Crippen molar-refractivity contribution in [2.45, 2.75) is 12.8 Å². The Hall–Kier alpha value is -2.60. The van der Waals surface area contributed by atoms with Gasteiger partial charge in [-0.1, -0.05) is 18.2 Å². The Morgan fingerprint density at radius 2 is 2.08 bits per heavy atom. The number of amides is 2. The number of aromatic nitrogens is 2. The van der Waals surface area contributed by atoms with Crippen LogP contribution in [0.3, 0.4) is 0 Å². The van der Waals surface area contributed by atoms with E-state index in [0.717, 1.165) is 5.69 Å². The molecule has 1 N–H and O–H groups in total. The number of halogens is 1. The summed E-state index contributed by atoms with van der Waals surface area (Å²) < 4.78 is 1.67. The summed E-state index contributed by atoms with van der Waals surface area (Å²) in [6.45, 7) is 4.63. The molecule has 0 radical (unpaired) electrons. The minimum atomic E-state index is -0.113. The number of anilines is 1. The van der Waals surface area contributed by atoms with E-state index in [1.54, 1.807) is 34.1 Å². The van der Waals surface area contributed by atoms with Crippen LogP contribution in [0.15, 0.2) is 49.3 Å². The van der Waals surface area contributed by atoms with Gasteiger partial charge in [0.15, 0.2) is 0 Å². The van der Waals surface area contributed by atoms with Crippen molar-refractivity contribution in [2.75, 3.05) is 18.4 Å². The molecule has 0 spiro atoms. The van der Waals surface area contributed by atoms with E-state index < -0.39 is 0 Å². The summed E-state index contributed by atoms with van der Waals surface area (Å²) in [5.41, 5.74) is 1.40. The summed E-state index contributed by atoms with van der Waals surface area (Å²) >= 11 is 6.29. The molecule has 0 bridgehead atoms. The van der Waals surface area contributed by atoms with Crippen LogP contribution in [-0.4, -0.2) is 39.6 Å². The fraction of sp³-hybridized carbons (Fsp3) is 0.278. The highest BCUT2D eigenvalue weighted by atomic mass is 35.5. The lowest BCUT2D eigenvalue weighted by Crippen LogP contribution is -2.40. The second-order valence-electron chi connectivity index (χ2n) is 5.91. The van der Waals surface area contributed by atoms with E-state index in [1.165, 1.54) is 6.08 Å². The first-order valence-corrected chi connectivity index (χ1v) is 8.48. The van der Waals surface area contributed by atoms with Crippen LogP contribution >= 0.6 is 11.6 Å². The number of rotatable bonds is 4. The Kier molecular flexibility index (Phi) is 5.19. The number of benzene rings is 1. The third kappa shape index (κ3) is 3.91. The average molecular weight is 359 g/mol. The van der Waals surface area contributed by atoms with Gasteiger partial charge in [-0.15, -0.1) is 0 Å². The summed E-state index contributed by atoms with van der Waals surface area (Å²) in [6.07, 6.45) is 6.08. The van der Waals surface area contributed by atoms with Crippen LogP contribution in [0, 0.1) is 5.92 Å². The lowest BCUT2D eigenvalue weighted by Gasteiger charge is -2.30. The molecule has 2 heterocycles. The molecule has 3 rings (SSSR count). The lowest BCUT2D eigenvalue weighted by molar-refractivity contribution is -0.130. The Labute approximate surface area is 151 Å². The fourth-order valence-corrected chi connectivity index (χ4v) is 3.18. The predicted octanol–water partition coefficient (Wildman–Crippen LogP) is 2.89. The molecule has 7 heteroatoms. The molecule has 1 aromatic carbocycles. The molecule has 1 fully saturated rings. The molecule has 1 aliphatic rings. The topological polar surface area (TPSA) is 67.2 Å². The number of hydrogen-bond acceptors (Lipinski definition) is 3. The van der Waals surface area contributed by atoms with Crippen LogP contribution in [0.5, 0.6) is 0 Å². The number of hydrogen-bond donors (Lipinski definition) is 1. The second-order valence-corrected chi connectivity index (χ2v) is 6.32. The first kappa shape index (κ1) is 17.2. The standard InChI is InChI=1S/C18H19ClN4O2/c1-2-17(24)22-10-6-13(7-11-22)18(25)21-14-4-5-16(15(19)12-14)23-9-3-8-20-23/h2-5,8-9,12-13H,1,6-7,10-11H2,(H,21,25). The molecule has 2 aromatic rings. The Morgan fingerprint density at radius 3 is 2.68 bits per heavy atom. The van der Waals surface area contributed by atoms with Crippen LogP contribution in [-0.2, 0) is 9.59 Å². The molecular formula is C18H19ClN4O2. The van der Waals surface area contributed by atoms with Crippen LogP contribution in [0.2, 0.25) is 5.02 Å². The highest BCUT2D eigenvalue weighted by Gasteiger charge is 2.26. The van der Waals surface area contributed by atoms with Crippen molar-refractivity contribution in [3.8, 4) is 5.69 Å². The summed E-state index contributed by atoms with van der Waals surface area (Å²) in [5.74, 6) is -0.244. The minimum Gasteiger partial charge on any atom is -0.339 e. The molecule has 0 unspecified atom stereocenters. The normalized spacial score (nSPS) is 15.0. The molecule has 0 atom stereocenters. The third-order valence-corrected chi connectivity index (χ3v) is 4.62. The van der Waals surface area contributed by atoms with Crippen molar-refractivity contribution in [3.05, 3.63) is 54.3 Å². The van der Waals surface area contributed by atoms with Crippen molar-refractivity contribution < 1.29 is 9.59 Å². The van der Waals surface area contributed by atoms with Gasteiger partial charge in [-0.2, -0.15) is 5.10 Å². The number of piperidine rings is 1. The van der Waals surface area contributed by atoms with E-state index in [0.29, 0.717) is 36.6 Å². The number of carbonyl (C=O) groups is 2. The van der Waals surface area contributed by atoms with Gasteiger partial charge in [0.1, 0.15) is 0 Å². The zero-order chi connectivity index (χ0) is 17.8. The Balaban J connectivity index is 1.61. The minimum absolute atomic E-state index is 0.0476. The van der Waals surface area contributed by atoms with E-state index >= 15 is 0 Å². The molecule has 0 saturated carbocycles. The van der Waals surface area contributed by atoms with E-state index in [2.05, 4.69) is 17.0 Å². The zero-order valence-corrected chi connectivity index (χ0v) is 14.4. The molecule has 130 valence electrons. The van der Waals surface area contributed by atoms with Gasteiger partial charge >= 0.3 is 0 Å². The first-order chi connectivity index (χ1) is 12.1. The molecule has 1 aliphatic heterocycles. The highest BCUT2D eigenvalue weighted by molar-refractivity contribution is 6.32. The smallest absolute Gasteiger partial charge is 0.245 e. The van der Waals surface area contributed by atoms with E-state index in [-0.39, 0.29) is 17.7 Å². The van der Waals surface area contributed by atoms with Crippen molar-refractivity contribution in [2.24, 2.45) is 5.92 Å². The number of carbonyl (C=O) groups excluding carboxylic acids is 2. The van der Waals surface area contributed by atoms with Crippen LogP contribution in [0.4, 0.5) is 5.69 Å². The maximum atomic E-state index is 12.4. The maximum absolute atomic E-state index is 12.4. The van der Waals surface area contributed by atoms with Crippen LogP contribution < -0.4 is 5.32 Å². The van der Waals surface area contributed by atoms with Crippen LogP contribution in [0.1, 0.15) is 12.8 Å². The van der Waals surface area contributed by atoms with Gasteiger partial charge in [0.25, 0.3) is 0 Å². The van der Waals surface area contributed by atoms with Crippen molar-refractivity contribution in [1.29, 1.82) is 0 Å². The van der Waals surface area contributed by atoms with Gasteiger partial charge in [-0.05, 0) is 43.2 Å². The second kappa shape index (κ2) is 7.53. The van der Waals surface area contributed by atoms with E-state index in [9.17, 15) is 9.59 Å². The van der Waals surface area contributed by atoms with Gasteiger partial charge < -0.3 is 10.2 Å². The monoisotopic (exact) mass is 358 g/mol. The molecule has 25 heavy (non-hydrogen) atoms. The maximum Gasteiger partial charge on any atom is 0.245 e. The molecule has 0 aliphatic carbocycles. The lowest BCUT2D eigenvalue weighted by atomic mass is 9.95. The van der Waals surface area contributed by atoms with E-state index in [1.807, 2.05) is 12.1 Å². The van der Waals surface area contributed by atoms with E-state index in [4.69, 9.17) is 11.6 Å². The predicted molar refractivity (Wildman–Crippen MR) is 96.7 cm³/mol. The molecule has 1 saturated heterocycles. The highest BCUT2D eigenvalue weighted by Crippen LogP contribution is 2.25. The Bertz CT molecular complexity index is 780. The van der Waals surface area contributed by atoms with Crippen LogP contribution in [0.25, 0.3) is 5.69 Å². The summed E-state index contributed by atoms with van der Waals surface area (Å²) in [5, 5.41) is 7.56. The molecule has 2 amide bonds. The summed E-state index contributed by atoms with van der Waals surface area (Å²) in [4.78, 5) is 25.7. The third-order valence-electron chi connectivity index (χ3n) is 4.32. The van der Waals surface area contributed by atoms with Gasteiger partial charge in [0, 0.05) is 37.1 Å². The Morgan fingerprint density at radius 1 is 1.32 bits per heavy atom. The first-order valence-electron chi connectivity index (χ1n) is 8.10.